The van der Waals surface area contributed by atoms with Gasteiger partial charge in [0.2, 0.25) is 5.78 Å². The molecule has 0 spiro atoms. The highest BCUT2D eigenvalue weighted by molar-refractivity contribution is 7.99. The first-order chi connectivity index (χ1) is 11.8. The zero-order valence-electron chi connectivity index (χ0n) is 13.5. The van der Waals surface area contributed by atoms with E-state index in [1.54, 1.807) is 0 Å². The second kappa shape index (κ2) is 10.2. The number of aliphatic hydroxyl groups is 2. The van der Waals surface area contributed by atoms with Crippen LogP contribution in [0.3, 0.4) is 0 Å². The number of carboxylic acid groups (broad SMARTS) is 1. The SMILES string of the molecule is CCCSCCC(NC(=O)OC1C(=O)OC(C(O)CO)C1=O)C(=O)O. The molecule has 11 heteroatoms. The summed E-state index contributed by atoms with van der Waals surface area (Å²) in [4.78, 5) is 46.3. The quantitative estimate of drug-likeness (QED) is 0.209. The van der Waals surface area contributed by atoms with Gasteiger partial charge in [-0.2, -0.15) is 11.8 Å². The van der Waals surface area contributed by atoms with Crippen molar-refractivity contribution in [2.45, 2.75) is 44.1 Å². The van der Waals surface area contributed by atoms with E-state index in [9.17, 15) is 24.3 Å². The Morgan fingerprint density at radius 2 is 2.04 bits per heavy atom. The molecule has 0 radical (unpaired) electrons. The number of nitrogens with one attached hydrogen (secondary N) is 1. The monoisotopic (exact) mass is 379 g/mol. The first-order valence-electron chi connectivity index (χ1n) is 7.62. The van der Waals surface area contributed by atoms with Crippen molar-refractivity contribution in [2.24, 2.45) is 0 Å². The Kier molecular flexibility index (Phi) is 8.66. The number of cyclic esters (lactones) is 1. The molecule has 0 aromatic carbocycles. The zero-order valence-corrected chi connectivity index (χ0v) is 14.4. The number of esters is 1. The largest absolute Gasteiger partial charge is 0.480 e. The molecule has 142 valence electrons. The molecule has 1 aliphatic rings. The highest BCUT2D eigenvalue weighted by atomic mass is 32.2. The van der Waals surface area contributed by atoms with Gasteiger partial charge in [0.15, 0.2) is 6.10 Å². The summed E-state index contributed by atoms with van der Waals surface area (Å²) in [5, 5.41) is 29.3. The Hall–Kier alpha value is -1.85. The number of thioether (sulfide) groups is 1. The van der Waals surface area contributed by atoms with E-state index in [2.05, 4.69) is 14.8 Å². The maximum atomic E-state index is 11.9. The van der Waals surface area contributed by atoms with Gasteiger partial charge < -0.3 is 30.1 Å². The van der Waals surface area contributed by atoms with E-state index < -0.39 is 54.8 Å². The molecule has 10 nitrogen and oxygen atoms in total. The van der Waals surface area contributed by atoms with Crippen molar-refractivity contribution in [3.8, 4) is 0 Å². The number of aliphatic hydroxyl groups excluding tert-OH is 2. The van der Waals surface area contributed by atoms with E-state index in [0.717, 1.165) is 12.2 Å². The van der Waals surface area contributed by atoms with Crippen LogP contribution in [0.15, 0.2) is 0 Å². The smallest absolute Gasteiger partial charge is 0.409 e. The molecule has 1 fully saturated rings. The summed E-state index contributed by atoms with van der Waals surface area (Å²) >= 11 is 1.53. The molecule has 0 saturated carbocycles. The van der Waals surface area contributed by atoms with Crippen LogP contribution >= 0.6 is 11.8 Å². The van der Waals surface area contributed by atoms with E-state index >= 15 is 0 Å². The molecule has 1 saturated heterocycles. The van der Waals surface area contributed by atoms with Crippen LogP contribution < -0.4 is 5.32 Å². The van der Waals surface area contributed by atoms with E-state index in [4.69, 9.17) is 10.2 Å². The Labute approximate surface area is 147 Å². The lowest BCUT2D eigenvalue weighted by atomic mass is 10.1. The molecule has 4 N–H and O–H groups in total. The Morgan fingerprint density at radius 3 is 2.60 bits per heavy atom. The third-order valence-electron chi connectivity index (χ3n) is 3.25. The fraction of sp³-hybridized carbons (Fsp3) is 0.714. The zero-order chi connectivity index (χ0) is 19.0. The third kappa shape index (κ3) is 6.18. The highest BCUT2D eigenvalue weighted by Crippen LogP contribution is 2.17. The average molecular weight is 379 g/mol. The summed E-state index contributed by atoms with van der Waals surface area (Å²) in [7, 11) is 0. The minimum absolute atomic E-state index is 0.143. The fourth-order valence-corrected chi connectivity index (χ4v) is 2.86. The Balaban J connectivity index is 2.57. The number of aliphatic carboxylic acids is 1. The summed E-state index contributed by atoms with van der Waals surface area (Å²) < 4.78 is 9.19. The van der Waals surface area contributed by atoms with Gasteiger partial charge in [0.1, 0.15) is 12.1 Å². The van der Waals surface area contributed by atoms with Gasteiger partial charge in [0, 0.05) is 0 Å². The van der Waals surface area contributed by atoms with E-state index in [0.29, 0.717) is 5.75 Å². The number of alkyl carbamates (subject to hydrolysis) is 1. The highest BCUT2D eigenvalue weighted by Gasteiger charge is 2.49. The maximum Gasteiger partial charge on any atom is 0.409 e. The summed E-state index contributed by atoms with van der Waals surface area (Å²) in [6.45, 7) is 1.16. The van der Waals surface area contributed by atoms with Crippen molar-refractivity contribution < 1.29 is 44.0 Å². The molecular formula is C14H21NO9S. The van der Waals surface area contributed by atoms with Crippen LogP contribution in [0.1, 0.15) is 19.8 Å². The number of rotatable bonds is 10. The normalized spacial score (nSPS) is 22.2. The lowest BCUT2D eigenvalue weighted by molar-refractivity contribution is -0.151. The molecule has 0 aliphatic carbocycles. The van der Waals surface area contributed by atoms with Crippen LogP contribution in [0.2, 0.25) is 0 Å². The predicted octanol–water partition coefficient (Wildman–Crippen LogP) is -1.08. The standard InChI is InChI=1S/C14H21NO9S/c1-2-4-25-5-3-7(12(19)20)15-14(22)24-11-9(18)10(8(17)6-16)23-13(11)21/h7-8,10-11,16-17H,2-6H2,1H3,(H,15,22)(H,19,20). The van der Waals surface area contributed by atoms with Gasteiger partial charge in [-0.15, -0.1) is 0 Å². The van der Waals surface area contributed by atoms with Gasteiger partial charge in [-0.1, -0.05) is 6.92 Å². The van der Waals surface area contributed by atoms with Crippen LogP contribution in [-0.4, -0.2) is 81.6 Å². The molecule has 4 unspecified atom stereocenters. The minimum atomic E-state index is -1.91. The van der Waals surface area contributed by atoms with Crippen molar-refractivity contribution in [3.63, 3.8) is 0 Å². The molecule has 1 rings (SSSR count). The number of hydrogen-bond acceptors (Lipinski definition) is 9. The second-order valence-electron chi connectivity index (χ2n) is 5.23. The first-order valence-corrected chi connectivity index (χ1v) is 8.78. The molecule has 0 aromatic rings. The molecule has 4 atom stereocenters. The van der Waals surface area contributed by atoms with Crippen LogP contribution in [0.25, 0.3) is 0 Å². The number of carbonyl (C=O) groups excluding carboxylic acids is 3. The van der Waals surface area contributed by atoms with Gasteiger partial charge in [0.25, 0.3) is 6.10 Å². The van der Waals surface area contributed by atoms with Crippen LogP contribution in [0.5, 0.6) is 0 Å². The van der Waals surface area contributed by atoms with Gasteiger partial charge in [-0.3, -0.25) is 4.79 Å². The van der Waals surface area contributed by atoms with Crippen molar-refractivity contribution in [2.75, 3.05) is 18.1 Å². The van der Waals surface area contributed by atoms with Gasteiger partial charge in [0.05, 0.1) is 6.61 Å². The molecule has 1 amide bonds. The van der Waals surface area contributed by atoms with Gasteiger partial charge in [-0.25, -0.2) is 14.4 Å². The first kappa shape index (κ1) is 21.2. The summed E-state index contributed by atoms with van der Waals surface area (Å²) in [6, 6.07) is -1.23. The fourth-order valence-electron chi connectivity index (χ4n) is 1.97. The molecular weight excluding hydrogens is 358 g/mol. The predicted molar refractivity (Wildman–Crippen MR) is 85.0 cm³/mol. The number of ketones is 1. The average Bonchev–Trinajstić information content (AvgIpc) is 2.84. The van der Waals surface area contributed by atoms with Gasteiger partial charge in [-0.05, 0) is 24.3 Å². The van der Waals surface area contributed by atoms with Crippen molar-refractivity contribution in [1.29, 1.82) is 0 Å². The number of carbonyl (C=O) groups is 4. The summed E-state index contributed by atoms with van der Waals surface area (Å²) in [5.74, 6) is -2.13. The molecule has 25 heavy (non-hydrogen) atoms. The Bertz CT molecular complexity index is 513. The maximum absolute atomic E-state index is 11.9. The van der Waals surface area contributed by atoms with E-state index in [1.165, 1.54) is 11.8 Å². The molecule has 0 bridgehead atoms. The number of amides is 1. The second-order valence-corrected chi connectivity index (χ2v) is 6.46. The summed E-state index contributed by atoms with van der Waals surface area (Å²) in [6.07, 6.45) is -5.35. The lowest BCUT2D eigenvalue weighted by Crippen LogP contribution is -2.45. The topological polar surface area (TPSA) is 159 Å². The number of hydrogen-bond donors (Lipinski definition) is 4. The summed E-state index contributed by atoms with van der Waals surface area (Å²) in [5.41, 5.74) is 0. The van der Waals surface area contributed by atoms with Crippen molar-refractivity contribution in [1.82, 2.24) is 5.32 Å². The van der Waals surface area contributed by atoms with Crippen LogP contribution in [0.4, 0.5) is 4.79 Å². The lowest BCUT2D eigenvalue weighted by Gasteiger charge is -2.15. The third-order valence-corrected chi connectivity index (χ3v) is 4.47. The molecule has 1 heterocycles. The van der Waals surface area contributed by atoms with Crippen LogP contribution in [0, 0.1) is 0 Å². The molecule has 1 aliphatic heterocycles. The number of carboxylic acids is 1. The number of Topliss-reactive ketones (excluding diaryl/α,β-unsaturated/α-hetero) is 1. The number of ether oxygens (including phenoxy) is 2. The Morgan fingerprint density at radius 1 is 1.36 bits per heavy atom. The van der Waals surface area contributed by atoms with Gasteiger partial charge >= 0.3 is 18.0 Å². The van der Waals surface area contributed by atoms with E-state index in [1.807, 2.05) is 6.92 Å². The van der Waals surface area contributed by atoms with Crippen molar-refractivity contribution >= 4 is 35.6 Å². The molecule has 0 aromatic heterocycles. The van der Waals surface area contributed by atoms with E-state index in [-0.39, 0.29) is 6.42 Å². The van der Waals surface area contributed by atoms with Crippen LogP contribution in [-0.2, 0) is 23.9 Å². The van der Waals surface area contributed by atoms with Crippen molar-refractivity contribution in [3.05, 3.63) is 0 Å². The minimum Gasteiger partial charge on any atom is -0.480 e.